The Labute approximate surface area is 111 Å². The molecule has 0 atom stereocenters. The molecule has 3 heteroatoms. The summed E-state index contributed by atoms with van der Waals surface area (Å²) in [6, 6.07) is 18.8. The molecule has 0 saturated heterocycles. The Morgan fingerprint density at radius 3 is 2.47 bits per heavy atom. The van der Waals surface area contributed by atoms with E-state index >= 15 is 0 Å². The van der Waals surface area contributed by atoms with Crippen LogP contribution in [-0.2, 0) is 6.54 Å². The van der Waals surface area contributed by atoms with E-state index < -0.39 is 0 Å². The second kappa shape index (κ2) is 5.15. The van der Waals surface area contributed by atoms with E-state index in [1.807, 2.05) is 6.07 Å². The molecule has 3 aromatic rings. The summed E-state index contributed by atoms with van der Waals surface area (Å²) in [5, 5.41) is 0. The van der Waals surface area contributed by atoms with Crippen molar-refractivity contribution in [3.05, 3.63) is 72.6 Å². The van der Waals surface area contributed by atoms with Crippen LogP contribution < -0.4 is 21.7 Å². The third kappa shape index (κ3) is 2.39. The van der Waals surface area contributed by atoms with E-state index in [1.54, 1.807) is 0 Å². The van der Waals surface area contributed by atoms with E-state index in [4.69, 9.17) is 0 Å². The highest BCUT2D eigenvalue weighted by Crippen LogP contribution is 2.01. The van der Waals surface area contributed by atoms with E-state index in [0.29, 0.717) is 0 Å². The maximum Gasteiger partial charge on any atom is 0.197 e. The SMILES string of the molecule is [Br-].c1ccc(C[n+]2ccc3ccccn32)cc1. The molecule has 0 saturated carbocycles. The molecule has 0 spiro atoms. The minimum atomic E-state index is 0. The van der Waals surface area contributed by atoms with Crippen LogP contribution in [-0.4, -0.2) is 4.52 Å². The summed E-state index contributed by atoms with van der Waals surface area (Å²) in [6.45, 7) is 0.902. The number of hydrogen-bond donors (Lipinski definition) is 0. The number of pyridine rings is 1. The second-order valence-corrected chi connectivity index (χ2v) is 3.87. The Balaban J connectivity index is 0.00000108. The van der Waals surface area contributed by atoms with Gasteiger partial charge < -0.3 is 17.0 Å². The Morgan fingerprint density at radius 1 is 0.882 bits per heavy atom. The molecule has 1 aromatic carbocycles. The van der Waals surface area contributed by atoms with Gasteiger partial charge in [-0.05, 0) is 12.1 Å². The molecule has 0 aliphatic carbocycles. The van der Waals surface area contributed by atoms with Crippen molar-refractivity contribution in [2.45, 2.75) is 6.54 Å². The third-order valence-electron chi connectivity index (χ3n) is 2.75. The van der Waals surface area contributed by atoms with Crippen molar-refractivity contribution in [1.82, 2.24) is 4.52 Å². The van der Waals surface area contributed by atoms with Crippen molar-refractivity contribution in [3.63, 3.8) is 0 Å². The lowest BCUT2D eigenvalue weighted by Gasteiger charge is -1.97. The largest absolute Gasteiger partial charge is 1.00 e. The van der Waals surface area contributed by atoms with Gasteiger partial charge in [0.25, 0.3) is 0 Å². The maximum absolute atomic E-state index is 2.20. The molecular formula is C14H13BrN2. The molecule has 2 aromatic heterocycles. The molecule has 0 bridgehead atoms. The summed E-state index contributed by atoms with van der Waals surface area (Å²) in [7, 11) is 0. The lowest BCUT2D eigenvalue weighted by Crippen LogP contribution is -3.00. The van der Waals surface area contributed by atoms with Crippen LogP contribution in [0.5, 0.6) is 0 Å². The minimum absolute atomic E-state index is 0. The fourth-order valence-corrected chi connectivity index (χ4v) is 1.95. The molecule has 0 amide bonds. The van der Waals surface area contributed by atoms with Gasteiger partial charge in [-0.15, -0.1) is 9.20 Å². The summed E-state index contributed by atoms with van der Waals surface area (Å²) >= 11 is 0. The Bertz CT molecular complexity index is 602. The van der Waals surface area contributed by atoms with Crippen LogP contribution in [0.4, 0.5) is 0 Å². The normalized spacial score (nSPS) is 10.1. The zero-order valence-electron chi connectivity index (χ0n) is 9.33. The summed E-state index contributed by atoms with van der Waals surface area (Å²) in [6.07, 6.45) is 4.20. The smallest absolute Gasteiger partial charge is 0.197 e. The molecular weight excluding hydrogens is 276 g/mol. The molecule has 2 nitrogen and oxygen atoms in total. The van der Waals surface area contributed by atoms with Gasteiger partial charge in [0.15, 0.2) is 12.7 Å². The van der Waals surface area contributed by atoms with Gasteiger partial charge in [-0.1, -0.05) is 36.4 Å². The summed E-state index contributed by atoms with van der Waals surface area (Å²) in [4.78, 5) is 0. The van der Waals surface area contributed by atoms with E-state index in [1.165, 1.54) is 11.1 Å². The fraction of sp³-hybridized carbons (Fsp3) is 0.0714. The number of benzene rings is 1. The van der Waals surface area contributed by atoms with Crippen LogP contribution in [0.2, 0.25) is 0 Å². The van der Waals surface area contributed by atoms with Gasteiger partial charge in [0.2, 0.25) is 0 Å². The number of nitrogens with zero attached hydrogens (tertiary/aromatic N) is 2. The van der Waals surface area contributed by atoms with Crippen molar-refractivity contribution in [3.8, 4) is 0 Å². The quantitative estimate of drug-likeness (QED) is 0.550. The van der Waals surface area contributed by atoms with Crippen molar-refractivity contribution >= 4 is 5.52 Å². The molecule has 2 heterocycles. The lowest BCUT2D eigenvalue weighted by atomic mass is 10.2. The fourth-order valence-electron chi connectivity index (χ4n) is 1.95. The summed E-state index contributed by atoms with van der Waals surface area (Å²) in [5.74, 6) is 0. The summed E-state index contributed by atoms with van der Waals surface area (Å²) in [5.41, 5.74) is 2.54. The molecule has 0 aliphatic heterocycles. The van der Waals surface area contributed by atoms with Crippen LogP contribution in [0.15, 0.2) is 67.0 Å². The highest BCUT2D eigenvalue weighted by molar-refractivity contribution is 5.42. The van der Waals surface area contributed by atoms with Crippen LogP contribution in [0, 0.1) is 0 Å². The Morgan fingerprint density at radius 2 is 1.65 bits per heavy atom. The predicted octanol–water partition coefficient (Wildman–Crippen LogP) is -0.721. The van der Waals surface area contributed by atoms with Gasteiger partial charge in [-0.2, -0.15) is 0 Å². The van der Waals surface area contributed by atoms with Gasteiger partial charge in [0, 0.05) is 11.6 Å². The van der Waals surface area contributed by atoms with E-state index in [-0.39, 0.29) is 17.0 Å². The molecule has 17 heavy (non-hydrogen) atoms. The van der Waals surface area contributed by atoms with E-state index in [2.05, 4.69) is 70.1 Å². The van der Waals surface area contributed by atoms with Crippen LogP contribution in [0.3, 0.4) is 0 Å². The first-order valence-corrected chi connectivity index (χ1v) is 5.43. The molecule has 0 unspecified atom stereocenters. The van der Waals surface area contributed by atoms with Crippen molar-refractivity contribution in [1.29, 1.82) is 0 Å². The topological polar surface area (TPSA) is 8.29 Å². The van der Waals surface area contributed by atoms with Crippen molar-refractivity contribution in [2.24, 2.45) is 0 Å². The molecule has 0 radical (unpaired) electrons. The van der Waals surface area contributed by atoms with Crippen molar-refractivity contribution in [2.75, 3.05) is 0 Å². The second-order valence-electron chi connectivity index (χ2n) is 3.87. The molecule has 0 fully saturated rings. The number of hydrogen-bond acceptors (Lipinski definition) is 0. The summed E-state index contributed by atoms with van der Waals surface area (Å²) < 4.78 is 4.36. The third-order valence-corrected chi connectivity index (χ3v) is 2.75. The van der Waals surface area contributed by atoms with Crippen molar-refractivity contribution < 1.29 is 21.7 Å². The highest BCUT2D eigenvalue weighted by Gasteiger charge is 2.07. The molecule has 0 N–H and O–H groups in total. The minimum Gasteiger partial charge on any atom is -1.00 e. The lowest BCUT2D eigenvalue weighted by molar-refractivity contribution is -0.752. The number of rotatable bonds is 2. The first-order chi connectivity index (χ1) is 7.93. The number of aromatic nitrogens is 2. The number of fused-ring (bicyclic) bond motifs is 1. The van der Waals surface area contributed by atoms with Crippen LogP contribution in [0.1, 0.15) is 5.56 Å². The first-order valence-electron chi connectivity index (χ1n) is 5.43. The van der Waals surface area contributed by atoms with Gasteiger partial charge >= 0.3 is 0 Å². The molecule has 0 aliphatic rings. The Kier molecular flexibility index (Phi) is 3.59. The van der Waals surface area contributed by atoms with Gasteiger partial charge in [-0.25, -0.2) is 0 Å². The van der Waals surface area contributed by atoms with E-state index in [9.17, 15) is 0 Å². The Hall–Kier alpha value is -1.61. The zero-order valence-corrected chi connectivity index (χ0v) is 10.9. The van der Waals surface area contributed by atoms with Crippen LogP contribution >= 0.6 is 0 Å². The average molecular weight is 289 g/mol. The average Bonchev–Trinajstić information content (AvgIpc) is 2.74. The highest BCUT2D eigenvalue weighted by atomic mass is 79.9. The monoisotopic (exact) mass is 288 g/mol. The number of halogens is 1. The predicted molar refractivity (Wildman–Crippen MR) is 63.1 cm³/mol. The van der Waals surface area contributed by atoms with Gasteiger partial charge in [0.05, 0.1) is 6.20 Å². The van der Waals surface area contributed by atoms with Gasteiger partial charge in [0.1, 0.15) is 5.52 Å². The standard InChI is InChI=1S/C14H13N2.BrH/c1-2-6-13(7-3-1)12-15-11-9-14-8-4-5-10-16(14)15;/h1-11H,12H2;1H/q+1;/p-1. The van der Waals surface area contributed by atoms with Crippen LogP contribution in [0.25, 0.3) is 5.52 Å². The molecule has 86 valence electrons. The maximum atomic E-state index is 2.20. The van der Waals surface area contributed by atoms with Gasteiger partial charge in [-0.3, -0.25) is 0 Å². The van der Waals surface area contributed by atoms with E-state index in [0.717, 1.165) is 6.54 Å². The first kappa shape index (κ1) is 11.9. The zero-order chi connectivity index (χ0) is 10.8. The molecule has 3 rings (SSSR count).